The van der Waals surface area contributed by atoms with Crippen LogP contribution in [0.3, 0.4) is 0 Å². The lowest BCUT2D eigenvalue weighted by Crippen LogP contribution is -2.51. The van der Waals surface area contributed by atoms with Gasteiger partial charge in [0.2, 0.25) is 5.91 Å². The molecule has 1 amide bonds. The second kappa shape index (κ2) is 8.81. The van der Waals surface area contributed by atoms with Crippen molar-refractivity contribution >= 4 is 24.0 Å². The summed E-state index contributed by atoms with van der Waals surface area (Å²) in [5.74, 6) is 0.0802. The average molecular weight is 353 g/mol. The minimum Gasteiger partial charge on any atom is -0.325 e. The Bertz CT molecular complexity index is 511. The van der Waals surface area contributed by atoms with E-state index in [-0.39, 0.29) is 18.3 Å². The lowest BCUT2D eigenvalue weighted by Gasteiger charge is -2.38. The van der Waals surface area contributed by atoms with E-state index < -0.39 is 0 Å². The summed E-state index contributed by atoms with van der Waals surface area (Å²) < 4.78 is 0. The van der Waals surface area contributed by atoms with E-state index in [1.54, 1.807) is 0 Å². The van der Waals surface area contributed by atoms with Crippen molar-refractivity contribution < 1.29 is 4.79 Å². The maximum Gasteiger partial charge on any atom is 0.238 e. The first-order chi connectivity index (χ1) is 11.1. The quantitative estimate of drug-likeness (QED) is 0.846. The number of piperazine rings is 1. The number of halogens is 1. The molecule has 1 aromatic carbocycles. The summed E-state index contributed by atoms with van der Waals surface area (Å²) in [6.45, 7) is 10.4. The molecule has 0 bridgehead atoms. The molecule has 0 saturated carbocycles. The van der Waals surface area contributed by atoms with E-state index in [0.29, 0.717) is 12.0 Å². The zero-order chi connectivity index (χ0) is 16.1. The minimum absolute atomic E-state index is 0. The molecule has 2 fully saturated rings. The molecule has 0 radical (unpaired) electrons. The lowest BCUT2D eigenvalue weighted by atomic mass is 9.89. The highest BCUT2D eigenvalue weighted by atomic mass is 35.5. The molecule has 2 heterocycles. The van der Waals surface area contributed by atoms with Gasteiger partial charge in [-0.1, -0.05) is 25.1 Å². The topological polar surface area (TPSA) is 47.6 Å². The number of carbonyl (C=O) groups excluding carboxylic acids is 1. The molecule has 2 aliphatic rings. The molecule has 0 aliphatic carbocycles. The van der Waals surface area contributed by atoms with Gasteiger partial charge in [-0.15, -0.1) is 12.4 Å². The van der Waals surface area contributed by atoms with E-state index in [4.69, 9.17) is 0 Å². The molecule has 24 heavy (non-hydrogen) atoms. The fourth-order valence-corrected chi connectivity index (χ4v) is 3.57. The normalized spacial score (nSPS) is 25.2. The molecule has 0 aromatic heterocycles. The van der Waals surface area contributed by atoms with Crippen molar-refractivity contribution in [3.8, 4) is 0 Å². The molecule has 134 valence electrons. The first kappa shape index (κ1) is 19.2. The molecule has 0 spiro atoms. The molecule has 2 saturated heterocycles. The zero-order valence-electron chi connectivity index (χ0n) is 14.5. The molecular formula is C18H29ClN4O. The van der Waals surface area contributed by atoms with E-state index in [0.717, 1.165) is 45.0 Å². The summed E-state index contributed by atoms with van der Waals surface area (Å²) in [5, 5.41) is 6.43. The maximum atomic E-state index is 12.1. The monoisotopic (exact) mass is 352 g/mol. The number of nitrogens with zero attached hydrogens (tertiary/aromatic N) is 2. The first-order valence-corrected chi connectivity index (χ1v) is 8.63. The van der Waals surface area contributed by atoms with Crippen LogP contribution in [0.5, 0.6) is 0 Å². The number of para-hydroxylation sites is 1. The Kier molecular flexibility index (Phi) is 7.04. The van der Waals surface area contributed by atoms with Crippen LogP contribution in [0, 0.1) is 5.41 Å². The van der Waals surface area contributed by atoms with Gasteiger partial charge < -0.3 is 15.5 Å². The number of hydrogen-bond donors (Lipinski definition) is 2. The van der Waals surface area contributed by atoms with Crippen LogP contribution in [0.25, 0.3) is 0 Å². The number of rotatable bonds is 5. The van der Waals surface area contributed by atoms with Crippen molar-refractivity contribution in [3.05, 3.63) is 30.3 Å². The smallest absolute Gasteiger partial charge is 0.238 e. The SMILES string of the molecule is CC1(CN2CCN(CC(=O)Nc3ccccc3)CC2)CCNC1.Cl. The first-order valence-electron chi connectivity index (χ1n) is 8.63. The van der Waals surface area contributed by atoms with Crippen molar-refractivity contribution in [2.24, 2.45) is 5.41 Å². The van der Waals surface area contributed by atoms with Crippen LogP contribution in [-0.2, 0) is 4.79 Å². The average Bonchev–Trinajstić information content (AvgIpc) is 2.96. The fraction of sp³-hybridized carbons (Fsp3) is 0.611. The van der Waals surface area contributed by atoms with E-state index >= 15 is 0 Å². The van der Waals surface area contributed by atoms with Crippen molar-refractivity contribution in [1.82, 2.24) is 15.1 Å². The predicted molar refractivity (Wildman–Crippen MR) is 101 cm³/mol. The minimum atomic E-state index is 0. The number of nitrogens with one attached hydrogen (secondary N) is 2. The van der Waals surface area contributed by atoms with Gasteiger partial charge in [-0.25, -0.2) is 0 Å². The second-order valence-corrected chi connectivity index (χ2v) is 7.20. The molecule has 2 aliphatic heterocycles. The summed E-state index contributed by atoms with van der Waals surface area (Å²) in [5.41, 5.74) is 1.30. The highest BCUT2D eigenvalue weighted by molar-refractivity contribution is 5.92. The number of amides is 1. The Morgan fingerprint density at radius 2 is 1.83 bits per heavy atom. The number of carbonyl (C=O) groups is 1. The van der Waals surface area contributed by atoms with Gasteiger partial charge in [0.15, 0.2) is 0 Å². The van der Waals surface area contributed by atoms with Crippen molar-refractivity contribution in [1.29, 1.82) is 0 Å². The Morgan fingerprint density at radius 1 is 1.17 bits per heavy atom. The summed E-state index contributed by atoms with van der Waals surface area (Å²) in [4.78, 5) is 16.9. The van der Waals surface area contributed by atoms with E-state index in [1.807, 2.05) is 30.3 Å². The highest BCUT2D eigenvalue weighted by Gasteiger charge is 2.31. The van der Waals surface area contributed by atoms with Crippen LogP contribution in [0.15, 0.2) is 30.3 Å². The van der Waals surface area contributed by atoms with Gasteiger partial charge in [0, 0.05) is 45.0 Å². The maximum absolute atomic E-state index is 12.1. The largest absolute Gasteiger partial charge is 0.325 e. The van der Waals surface area contributed by atoms with Crippen LogP contribution >= 0.6 is 12.4 Å². The summed E-state index contributed by atoms with van der Waals surface area (Å²) in [6, 6.07) is 9.67. The Labute approximate surface area is 151 Å². The van der Waals surface area contributed by atoms with Gasteiger partial charge in [-0.2, -0.15) is 0 Å². The van der Waals surface area contributed by atoms with Gasteiger partial charge >= 0.3 is 0 Å². The number of anilines is 1. The van der Waals surface area contributed by atoms with Crippen molar-refractivity contribution in [3.63, 3.8) is 0 Å². The number of benzene rings is 1. The van der Waals surface area contributed by atoms with Gasteiger partial charge in [-0.3, -0.25) is 9.69 Å². The third kappa shape index (κ3) is 5.45. The molecule has 1 unspecified atom stereocenters. The second-order valence-electron chi connectivity index (χ2n) is 7.20. The van der Waals surface area contributed by atoms with Gasteiger partial charge in [0.25, 0.3) is 0 Å². The number of hydrogen-bond acceptors (Lipinski definition) is 4. The standard InChI is InChI=1S/C18H28N4O.ClH/c1-18(7-8-19-14-18)15-22-11-9-21(10-12-22)13-17(23)20-16-5-3-2-4-6-16;/h2-6,19H,7-15H2,1H3,(H,20,23);1H. The van der Waals surface area contributed by atoms with Crippen LogP contribution in [0.2, 0.25) is 0 Å². The summed E-state index contributed by atoms with van der Waals surface area (Å²) in [7, 11) is 0. The molecule has 5 nitrogen and oxygen atoms in total. The van der Waals surface area contributed by atoms with E-state index in [2.05, 4.69) is 27.4 Å². The van der Waals surface area contributed by atoms with E-state index in [9.17, 15) is 4.79 Å². The van der Waals surface area contributed by atoms with Crippen molar-refractivity contribution in [2.75, 3.05) is 57.7 Å². The highest BCUT2D eigenvalue weighted by Crippen LogP contribution is 2.26. The third-order valence-corrected chi connectivity index (χ3v) is 4.95. The van der Waals surface area contributed by atoms with Crippen LogP contribution in [0.1, 0.15) is 13.3 Å². The molecule has 3 rings (SSSR count). The summed E-state index contributed by atoms with van der Waals surface area (Å²) >= 11 is 0. The van der Waals surface area contributed by atoms with Gasteiger partial charge in [0.1, 0.15) is 0 Å². The Hall–Kier alpha value is -1.14. The van der Waals surface area contributed by atoms with Gasteiger partial charge in [-0.05, 0) is 30.5 Å². The van der Waals surface area contributed by atoms with Crippen LogP contribution < -0.4 is 10.6 Å². The Morgan fingerprint density at radius 3 is 2.46 bits per heavy atom. The molecule has 1 atom stereocenters. The predicted octanol–water partition coefficient (Wildman–Crippen LogP) is 1.66. The van der Waals surface area contributed by atoms with Gasteiger partial charge in [0.05, 0.1) is 6.54 Å². The zero-order valence-corrected chi connectivity index (χ0v) is 15.3. The van der Waals surface area contributed by atoms with Crippen LogP contribution in [-0.4, -0.2) is 68.1 Å². The molecule has 1 aromatic rings. The third-order valence-electron chi connectivity index (χ3n) is 4.95. The molecular weight excluding hydrogens is 324 g/mol. The molecule has 6 heteroatoms. The van der Waals surface area contributed by atoms with Crippen LogP contribution in [0.4, 0.5) is 5.69 Å². The summed E-state index contributed by atoms with van der Waals surface area (Å²) in [6.07, 6.45) is 1.27. The fourth-order valence-electron chi connectivity index (χ4n) is 3.57. The van der Waals surface area contributed by atoms with Crippen molar-refractivity contribution in [2.45, 2.75) is 13.3 Å². The lowest BCUT2D eigenvalue weighted by molar-refractivity contribution is -0.117. The van der Waals surface area contributed by atoms with E-state index in [1.165, 1.54) is 13.0 Å². The Balaban J connectivity index is 0.00000208. The molecule has 2 N–H and O–H groups in total.